The molecule has 2 aromatic carbocycles. The van der Waals surface area contributed by atoms with Gasteiger partial charge in [-0.15, -0.1) is 0 Å². The summed E-state index contributed by atoms with van der Waals surface area (Å²) >= 11 is 0. The Bertz CT molecular complexity index is 802. The highest BCUT2D eigenvalue weighted by atomic mass is 16.5. The molecule has 0 bridgehead atoms. The van der Waals surface area contributed by atoms with E-state index < -0.39 is 0 Å². The van der Waals surface area contributed by atoms with Crippen LogP contribution in [0.5, 0.6) is 11.5 Å². The molecule has 1 aliphatic heterocycles. The van der Waals surface area contributed by atoms with E-state index in [1.807, 2.05) is 12.1 Å². The standard InChI is InChI=1S/C21H26N4O3/c22-20(23)16-2-1-3-19(14-16)27-13-12-25-21(26)15-4-6-17(7-5-15)28-18-8-10-24-11-9-18/h1-7,14,18,24H,8-13H2,(H3,22,23)(H,25,26). The van der Waals surface area contributed by atoms with E-state index in [0.717, 1.165) is 31.7 Å². The van der Waals surface area contributed by atoms with Gasteiger partial charge in [0, 0.05) is 11.1 Å². The molecule has 0 aromatic heterocycles. The minimum absolute atomic E-state index is 0.00803. The summed E-state index contributed by atoms with van der Waals surface area (Å²) in [6.45, 7) is 2.65. The number of rotatable bonds is 8. The Hall–Kier alpha value is -3.06. The molecule has 5 N–H and O–H groups in total. The molecule has 7 nitrogen and oxygen atoms in total. The van der Waals surface area contributed by atoms with Crippen molar-refractivity contribution in [1.29, 1.82) is 5.41 Å². The molecule has 0 radical (unpaired) electrons. The van der Waals surface area contributed by atoms with Crippen LogP contribution >= 0.6 is 0 Å². The summed E-state index contributed by atoms with van der Waals surface area (Å²) in [5.41, 5.74) is 6.65. The topological polar surface area (TPSA) is 109 Å². The third-order valence-electron chi connectivity index (χ3n) is 4.51. The third kappa shape index (κ3) is 5.72. The highest BCUT2D eigenvalue weighted by Crippen LogP contribution is 2.17. The summed E-state index contributed by atoms with van der Waals surface area (Å²) in [5.74, 6) is 1.24. The molecule has 1 heterocycles. The number of hydrogen-bond acceptors (Lipinski definition) is 5. The molecule has 1 saturated heterocycles. The van der Waals surface area contributed by atoms with E-state index in [1.54, 1.807) is 36.4 Å². The van der Waals surface area contributed by atoms with Crippen LogP contribution in [-0.4, -0.2) is 44.1 Å². The summed E-state index contributed by atoms with van der Waals surface area (Å²) in [4.78, 5) is 12.2. The van der Waals surface area contributed by atoms with Crippen LogP contribution in [0, 0.1) is 5.41 Å². The first-order valence-corrected chi connectivity index (χ1v) is 9.45. The smallest absolute Gasteiger partial charge is 0.251 e. The van der Waals surface area contributed by atoms with Gasteiger partial charge in [0.15, 0.2) is 0 Å². The fraction of sp³-hybridized carbons (Fsp3) is 0.333. The van der Waals surface area contributed by atoms with Gasteiger partial charge < -0.3 is 25.8 Å². The fourth-order valence-corrected chi connectivity index (χ4v) is 2.98. The largest absolute Gasteiger partial charge is 0.492 e. The van der Waals surface area contributed by atoms with Crippen LogP contribution in [0.15, 0.2) is 48.5 Å². The van der Waals surface area contributed by atoms with Crippen molar-refractivity contribution in [3.63, 3.8) is 0 Å². The second-order valence-electron chi connectivity index (χ2n) is 6.64. The summed E-state index contributed by atoms with van der Waals surface area (Å²) in [6, 6.07) is 14.2. The molecule has 7 heteroatoms. The van der Waals surface area contributed by atoms with E-state index in [0.29, 0.717) is 30.0 Å². The van der Waals surface area contributed by atoms with E-state index in [4.69, 9.17) is 20.6 Å². The predicted octanol–water partition coefficient (Wildman–Crippen LogP) is 1.91. The fourth-order valence-electron chi connectivity index (χ4n) is 2.98. The van der Waals surface area contributed by atoms with Crippen molar-refractivity contribution < 1.29 is 14.3 Å². The van der Waals surface area contributed by atoms with E-state index in [-0.39, 0.29) is 17.8 Å². The minimum atomic E-state index is -0.158. The molecular formula is C21H26N4O3. The lowest BCUT2D eigenvalue weighted by Gasteiger charge is -2.23. The molecule has 1 aliphatic rings. The van der Waals surface area contributed by atoms with Crippen LogP contribution in [0.25, 0.3) is 0 Å². The average Bonchev–Trinajstić information content (AvgIpc) is 2.72. The molecule has 0 unspecified atom stereocenters. The second-order valence-corrected chi connectivity index (χ2v) is 6.64. The molecule has 1 amide bonds. The third-order valence-corrected chi connectivity index (χ3v) is 4.51. The number of carbonyl (C=O) groups is 1. The first kappa shape index (κ1) is 19.7. The van der Waals surface area contributed by atoms with Gasteiger partial charge >= 0.3 is 0 Å². The van der Waals surface area contributed by atoms with Gasteiger partial charge in [0.2, 0.25) is 0 Å². The van der Waals surface area contributed by atoms with Gasteiger partial charge in [-0.2, -0.15) is 0 Å². The normalized spacial score (nSPS) is 14.3. The Morgan fingerprint density at radius 1 is 1.11 bits per heavy atom. The molecule has 1 fully saturated rings. The van der Waals surface area contributed by atoms with Gasteiger partial charge in [-0.1, -0.05) is 12.1 Å². The Kier molecular flexibility index (Phi) is 6.86. The number of nitrogen functional groups attached to an aromatic ring is 1. The van der Waals surface area contributed by atoms with Crippen LogP contribution in [0.3, 0.4) is 0 Å². The van der Waals surface area contributed by atoms with Crippen LogP contribution in [-0.2, 0) is 0 Å². The van der Waals surface area contributed by atoms with Gasteiger partial charge in [0.25, 0.3) is 5.91 Å². The maximum absolute atomic E-state index is 12.2. The average molecular weight is 382 g/mol. The molecular weight excluding hydrogens is 356 g/mol. The number of carbonyl (C=O) groups excluding carboxylic acids is 1. The summed E-state index contributed by atoms with van der Waals surface area (Å²) in [5, 5.41) is 13.6. The number of hydrogen-bond donors (Lipinski definition) is 4. The molecule has 148 valence electrons. The number of nitrogens with one attached hydrogen (secondary N) is 3. The summed E-state index contributed by atoms with van der Waals surface area (Å²) in [7, 11) is 0. The lowest BCUT2D eigenvalue weighted by molar-refractivity contribution is 0.0947. The number of benzene rings is 2. The molecule has 0 atom stereocenters. The molecule has 0 aliphatic carbocycles. The van der Waals surface area contributed by atoms with Gasteiger partial charge in [0.05, 0.1) is 6.54 Å². The van der Waals surface area contributed by atoms with Crippen LogP contribution in [0.4, 0.5) is 0 Å². The second kappa shape index (κ2) is 9.75. The Morgan fingerprint density at radius 3 is 2.57 bits per heavy atom. The van der Waals surface area contributed by atoms with E-state index in [2.05, 4.69) is 10.6 Å². The van der Waals surface area contributed by atoms with Crippen molar-refractivity contribution in [3.05, 3.63) is 59.7 Å². The number of amides is 1. The maximum Gasteiger partial charge on any atom is 0.251 e. The number of piperidine rings is 1. The monoisotopic (exact) mass is 382 g/mol. The van der Waals surface area contributed by atoms with Gasteiger partial charge in [-0.05, 0) is 62.3 Å². The first-order valence-electron chi connectivity index (χ1n) is 9.45. The lowest BCUT2D eigenvalue weighted by Crippen LogP contribution is -2.34. The first-order chi connectivity index (χ1) is 13.6. The van der Waals surface area contributed by atoms with Gasteiger partial charge in [0.1, 0.15) is 30.0 Å². The quantitative estimate of drug-likeness (QED) is 0.317. The van der Waals surface area contributed by atoms with Gasteiger partial charge in [-0.3, -0.25) is 10.2 Å². The van der Waals surface area contributed by atoms with Crippen LogP contribution < -0.4 is 25.8 Å². The van der Waals surface area contributed by atoms with E-state index in [9.17, 15) is 4.79 Å². The number of ether oxygens (including phenoxy) is 2. The number of nitrogens with two attached hydrogens (primary N) is 1. The summed E-state index contributed by atoms with van der Waals surface area (Å²) in [6.07, 6.45) is 2.23. The lowest BCUT2D eigenvalue weighted by atomic mass is 10.1. The Balaban J connectivity index is 1.42. The minimum Gasteiger partial charge on any atom is -0.492 e. The van der Waals surface area contributed by atoms with E-state index in [1.165, 1.54) is 0 Å². The molecule has 3 rings (SSSR count). The van der Waals surface area contributed by atoms with Crippen LogP contribution in [0.1, 0.15) is 28.8 Å². The highest BCUT2D eigenvalue weighted by molar-refractivity contribution is 5.95. The highest BCUT2D eigenvalue weighted by Gasteiger charge is 2.14. The zero-order valence-corrected chi connectivity index (χ0v) is 15.7. The predicted molar refractivity (Wildman–Crippen MR) is 108 cm³/mol. The van der Waals surface area contributed by atoms with Crippen molar-refractivity contribution in [2.75, 3.05) is 26.2 Å². The SMILES string of the molecule is N=C(N)c1cccc(OCCNC(=O)c2ccc(OC3CCNCC3)cc2)c1. The number of amidine groups is 1. The Morgan fingerprint density at radius 2 is 1.86 bits per heavy atom. The van der Waals surface area contributed by atoms with E-state index >= 15 is 0 Å². The van der Waals surface area contributed by atoms with Gasteiger partial charge in [-0.25, -0.2) is 0 Å². The zero-order chi connectivity index (χ0) is 19.8. The van der Waals surface area contributed by atoms with Crippen molar-refractivity contribution in [1.82, 2.24) is 10.6 Å². The molecule has 0 saturated carbocycles. The van der Waals surface area contributed by atoms with Crippen molar-refractivity contribution in [2.24, 2.45) is 5.73 Å². The van der Waals surface area contributed by atoms with Crippen molar-refractivity contribution in [3.8, 4) is 11.5 Å². The summed E-state index contributed by atoms with van der Waals surface area (Å²) < 4.78 is 11.5. The molecule has 28 heavy (non-hydrogen) atoms. The van der Waals surface area contributed by atoms with Crippen LogP contribution in [0.2, 0.25) is 0 Å². The molecule has 0 spiro atoms. The van der Waals surface area contributed by atoms with Crippen molar-refractivity contribution >= 4 is 11.7 Å². The molecule has 2 aromatic rings. The maximum atomic E-state index is 12.2. The zero-order valence-electron chi connectivity index (χ0n) is 15.7. The van der Waals surface area contributed by atoms with Crippen molar-refractivity contribution in [2.45, 2.75) is 18.9 Å². The Labute approximate surface area is 164 Å².